The minimum absolute atomic E-state index is 0.0126. The van der Waals surface area contributed by atoms with E-state index in [1.807, 2.05) is 25.1 Å². The Morgan fingerprint density at radius 3 is 2.57 bits per heavy atom. The molecule has 1 fully saturated rings. The molecule has 2 N–H and O–H groups in total. The summed E-state index contributed by atoms with van der Waals surface area (Å²) in [6, 6.07) is 5.71. The minimum atomic E-state index is -3.46. The van der Waals surface area contributed by atoms with Crippen molar-refractivity contribution in [1.29, 1.82) is 0 Å². The number of nitrogens with one attached hydrogen (secondary N) is 2. The Labute approximate surface area is 128 Å². The number of aryl methyl sites for hydroxylation is 1. The van der Waals surface area contributed by atoms with Gasteiger partial charge in [0, 0.05) is 12.6 Å². The molecule has 118 valence electrons. The third-order valence-electron chi connectivity index (χ3n) is 3.96. The first-order chi connectivity index (χ1) is 9.70. The van der Waals surface area contributed by atoms with E-state index in [9.17, 15) is 8.42 Å². The fourth-order valence-electron chi connectivity index (χ4n) is 2.59. The normalized spacial score (nSPS) is 20.5. The fraction of sp³-hybridized carbons (Fsp3) is 0.625. The van der Waals surface area contributed by atoms with Gasteiger partial charge in [0.05, 0.1) is 4.90 Å². The fourth-order valence-corrected chi connectivity index (χ4v) is 4.13. The van der Waals surface area contributed by atoms with E-state index in [1.165, 1.54) is 0 Å². The minimum Gasteiger partial charge on any atom is -0.315 e. The van der Waals surface area contributed by atoms with E-state index in [0.29, 0.717) is 11.4 Å². The second-order valence-corrected chi connectivity index (χ2v) is 8.58. The van der Waals surface area contributed by atoms with Crippen molar-refractivity contribution in [2.24, 2.45) is 0 Å². The zero-order valence-electron chi connectivity index (χ0n) is 13.4. The molecule has 1 aromatic carbocycles. The molecule has 4 nitrogen and oxygen atoms in total. The third-order valence-corrected chi connectivity index (χ3v) is 5.62. The summed E-state index contributed by atoms with van der Waals surface area (Å²) in [6.45, 7) is 9.79. The molecular weight excluding hydrogens is 284 g/mol. The Balaban J connectivity index is 2.30. The highest BCUT2D eigenvalue weighted by Crippen LogP contribution is 2.26. The first-order valence-corrected chi connectivity index (χ1v) is 9.03. The van der Waals surface area contributed by atoms with Crippen LogP contribution in [0.1, 0.15) is 44.7 Å². The predicted molar refractivity (Wildman–Crippen MR) is 86.1 cm³/mol. The standard InChI is InChI=1S/C16H26N2O2S/c1-12-7-8-13(16(2,3)4)10-15(12)21(19,20)18-14-6-5-9-17-11-14/h7-8,10,14,17-18H,5-6,9,11H2,1-4H3. The summed E-state index contributed by atoms with van der Waals surface area (Å²) < 4.78 is 28.2. The number of benzene rings is 1. The quantitative estimate of drug-likeness (QED) is 0.901. The van der Waals surface area contributed by atoms with E-state index in [2.05, 4.69) is 30.8 Å². The summed E-state index contributed by atoms with van der Waals surface area (Å²) >= 11 is 0. The maximum absolute atomic E-state index is 12.7. The molecular formula is C16H26N2O2S. The average Bonchev–Trinajstić information content (AvgIpc) is 2.38. The molecule has 21 heavy (non-hydrogen) atoms. The summed E-state index contributed by atoms with van der Waals surface area (Å²) in [5.41, 5.74) is 1.76. The van der Waals surface area contributed by atoms with Gasteiger partial charge in [0.1, 0.15) is 0 Å². The largest absolute Gasteiger partial charge is 0.315 e. The van der Waals surface area contributed by atoms with Crippen LogP contribution in [0.4, 0.5) is 0 Å². The van der Waals surface area contributed by atoms with Gasteiger partial charge in [-0.1, -0.05) is 32.9 Å². The highest BCUT2D eigenvalue weighted by Gasteiger charge is 2.25. The highest BCUT2D eigenvalue weighted by atomic mass is 32.2. The van der Waals surface area contributed by atoms with E-state index < -0.39 is 10.0 Å². The summed E-state index contributed by atoms with van der Waals surface area (Å²) in [7, 11) is -3.46. The van der Waals surface area contributed by atoms with Gasteiger partial charge >= 0.3 is 0 Å². The molecule has 1 aromatic rings. The van der Waals surface area contributed by atoms with E-state index in [1.54, 1.807) is 0 Å². The summed E-state index contributed by atoms with van der Waals surface area (Å²) in [5.74, 6) is 0. The van der Waals surface area contributed by atoms with Gasteiger partial charge in [-0.05, 0) is 48.9 Å². The average molecular weight is 310 g/mol. The first kappa shape index (κ1) is 16.5. The number of hydrogen-bond acceptors (Lipinski definition) is 3. The molecule has 0 bridgehead atoms. The van der Waals surface area contributed by atoms with Crippen molar-refractivity contribution in [3.63, 3.8) is 0 Å². The lowest BCUT2D eigenvalue weighted by Gasteiger charge is -2.25. The van der Waals surface area contributed by atoms with E-state index in [-0.39, 0.29) is 11.5 Å². The van der Waals surface area contributed by atoms with Crippen LogP contribution < -0.4 is 10.0 Å². The molecule has 0 amide bonds. The van der Waals surface area contributed by atoms with Crippen molar-refractivity contribution in [1.82, 2.24) is 10.0 Å². The Bertz CT molecular complexity index is 597. The summed E-state index contributed by atoms with van der Waals surface area (Å²) in [6.07, 6.45) is 1.90. The van der Waals surface area contributed by atoms with Gasteiger partial charge in [-0.25, -0.2) is 13.1 Å². The molecule has 0 aromatic heterocycles. The molecule has 1 heterocycles. The predicted octanol–water partition coefficient (Wildman–Crippen LogP) is 2.32. The van der Waals surface area contributed by atoms with Crippen molar-refractivity contribution < 1.29 is 8.42 Å². The highest BCUT2D eigenvalue weighted by molar-refractivity contribution is 7.89. The van der Waals surface area contributed by atoms with Crippen LogP contribution in [-0.2, 0) is 15.4 Å². The molecule has 0 saturated carbocycles. The number of hydrogen-bond donors (Lipinski definition) is 2. The molecule has 1 unspecified atom stereocenters. The zero-order chi connectivity index (χ0) is 15.7. The molecule has 1 atom stereocenters. The van der Waals surface area contributed by atoms with Crippen molar-refractivity contribution in [3.8, 4) is 0 Å². The van der Waals surface area contributed by atoms with Crippen LogP contribution in [-0.4, -0.2) is 27.5 Å². The Hall–Kier alpha value is -0.910. The molecule has 1 aliphatic rings. The Morgan fingerprint density at radius 2 is 2.00 bits per heavy atom. The van der Waals surface area contributed by atoms with E-state index in [4.69, 9.17) is 0 Å². The van der Waals surface area contributed by atoms with Crippen LogP contribution in [0, 0.1) is 6.92 Å². The van der Waals surface area contributed by atoms with Crippen LogP contribution in [0.2, 0.25) is 0 Å². The SMILES string of the molecule is Cc1ccc(C(C)(C)C)cc1S(=O)(=O)NC1CCCNC1. The van der Waals surface area contributed by atoms with Crippen LogP contribution in [0.25, 0.3) is 0 Å². The molecule has 0 spiro atoms. The van der Waals surface area contributed by atoms with Crippen molar-refractivity contribution in [2.45, 2.75) is 56.9 Å². The van der Waals surface area contributed by atoms with Crippen molar-refractivity contribution in [2.75, 3.05) is 13.1 Å². The maximum atomic E-state index is 12.7. The third kappa shape index (κ3) is 4.05. The monoisotopic (exact) mass is 310 g/mol. The van der Waals surface area contributed by atoms with Crippen LogP contribution in [0.3, 0.4) is 0 Å². The maximum Gasteiger partial charge on any atom is 0.241 e. The molecule has 0 radical (unpaired) electrons. The van der Waals surface area contributed by atoms with E-state index in [0.717, 1.165) is 30.5 Å². The van der Waals surface area contributed by atoms with Gasteiger partial charge in [-0.3, -0.25) is 0 Å². The number of piperidine rings is 1. The molecule has 1 saturated heterocycles. The topological polar surface area (TPSA) is 58.2 Å². The van der Waals surface area contributed by atoms with Gasteiger partial charge in [0.15, 0.2) is 0 Å². The second-order valence-electron chi connectivity index (χ2n) is 6.89. The van der Waals surface area contributed by atoms with E-state index >= 15 is 0 Å². The molecule has 1 aliphatic heterocycles. The molecule has 0 aliphatic carbocycles. The summed E-state index contributed by atoms with van der Waals surface area (Å²) in [5, 5.41) is 3.23. The van der Waals surface area contributed by atoms with Crippen LogP contribution >= 0.6 is 0 Å². The molecule has 5 heteroatoms. The van der Waals surface area contributed by atoms with Gasteiger partial charge in [0.2, 0.25) is 10.0 Å². The number of sulfonamides is 1. The van der Waals surface area contributed by atoms with Crippen LogP contribution in [0.5, 0.6) is 0 Å². The lowest BCUT2D eigenvalue weighted by Crippen LogP contribution is -2.45. The second kappa shape index (κ2) is 6.07. The lowest BCUT2D eigenvalue weighted by molar-refractivity contribution is 0.428. The van der Waals surface area contributed by atoms with Crippen LogP contribution in [0.15, 0.2) is 23.1 Å². The smallest absolute Gasteiger partial charge is 0.241 e. The van der Waals surface area contributed by atoms with Crippen molar-refractivity contribution in [3.05, 3.63) is 29.3 Å². The number of rotatable bonds is 3. The zero-order valence-corrected chi connectivity index (χ0v) is 14.2. The summed E-state index contributed by atoms with van der Waals surface area (Å²) in [4.78, 5) is 0.403. The van der Waals surface area contributed by atoms with Crippen molar-refractivity contribution >= 4 is 10.0 Å². The van der Waals surface area contributed by atoms with Gasteiger partial charge < -0.3 is 5.32 Å². The molecule has 2 rings (SSSR count). The first-order valence-electron chi connectivity index (χ1n) is 7.54. The van der Waals surface area contributed by atoms with Gasteiger partial charge in [0.25, 0.3) is 0 Å². The Kier molecular flexibility index (Phi) is 4.76. The Morgan fingerprint density at radius 1 is 1.29 bits per heavy atom. The van der Waals surface area contributed by atoms with Gasteiger partial charge in [-0.2, -0.15) is 0 Å². The van der Waals surface area contributed by atoms with Gasteiger partial charge in [-0.15, -0.1) is 0 Å². The lowest BCUT2D eigenvalue weighted by atomic mass is 9.87.